The van der Waals surface area contributed by atoms with Gasteiger partial charge in [0, 0.05) is 32.1 Å². The third-order valence-electron chi connectivity index (χ3n) is 5.54. The number of hydrogen-bond acceptors (Lipinski definition) is 4. The predicted molar refractivity (Wildman–Crippen MR) is 95.1 cm³/mol. The summed E-state index contributed by atoms with van der Waals surface area (Å²) in [5, 5.41) is 12.0. The lowest BCUT2D eigenvalue weighted by Crippen LogP contribution is -2.40. The standard InChI is InChI=1S/C19H24FN5O/c1-13(15-3-2-4-16(20)11-15)19(26)24-8-5-14(6-9-24)18-23-22-17-12-21-7-10-25(17)18/h2-4,11,13-14,21H,5-10,12H2,1H3. The van der Waals surface area contributed by atoms with Crippen LogP contribution in [0.2, 0.25) is 0 Å². The molecule has 0 saturated carbocycles. The van der Waals surface area contributed by atoms with Gasteiger partial charge in [-0.1, -0.05) is 12.1 Å². The summed E-state index contributed by atoms with van der Waals surface area (Å²) in [6.45, 7) is 5.90. The molecule has 1 N–H and O–H groups in total. The van der Waals surface area contributed by atoms with Crippen LogP contribution in [-0.4, -0.2) is 45.2 Å². The van der Waals surface area contributed by atoms with Crippen molar-refractivity contribution in [3.63, 3.8) is 0 Å². The first kappa shape index (κ1) is 17.1. The molecule has 1 amide bonds. The van der Waals surface area contributed by atoms with E-state index in [2.05, 4.69) is 20.1 Å². The average Bonchev–Trinajstić information content (AvgIpc) is 3.11. The molecule has 2 aliphatic rings. The second kappa shape index (κ2) is 7.15. The highest BCUT2D eigenvalue weighted by Gasteiger charge is 2.30. The summed E-state index contributed by atoms with van der Waals surface area (Å²) in [5.74, 6) is 1.86. The number of rotatable bonds is 3. The lowest BCUT2D eigenvalue weighted by Gasteiger charge is -2.33. The topological polar surface area (TPSA) is 63.1 Å². The third-order valence-corrected chi connectivity index (χ3v) is 5.54. The van der Waals surface area contributed by atoms with Crippen molar-refractivity contribution < 1.29 is 9.18 Å². The Bertz CT molecular complexity index is 797. The smallest absolute Gasteiger partial charge is 0.229 e. The van der Waals surface area contributed by atoms with E-state index in [9.17, 15) is 9.18 Å². The van der Waals surface area contributed by atoms with Crippen LogP contribution in [0.15, 0.2) is 24.3 Å². The zero-order valence-corrected chi connectivity index (χ0v) is 15.0. The SMILES string of the molecule is CC(C(=O)N1CCC(c2nnc3n2CCNC3)CC1)c1cccc(F)c1. The van der Waals surface area contributed by atoms with Gasteiger partial charge in [-0.3, -0.25) is 4.79 Å². The molecule has 1 aromatic heterocycles. The van der Waals surface area contributed by atoms with Crippen molar-refractivity contribution in [3.05, 3.63) is 47.3 Å². The van der Waals surface area contributed by atoms with Gasteiger partial charge in [0.25, 0.3) is 0 Å². The van der Waals surface area contributed by atoms with Gasteiger partial charge < -0.3 is 14.8 Å². The van der Waals surface area contributed by atoms with Gasteiger partial charge in [-0.15, -0.1) is 10.2 Å². The van der Waals surface area contributed by atoms with E-state index in [-0.39, 0.29) is 17.6 Å². The lowest BCUT2D eigenvalue weighted by atomic mass is 9.93. The second-order valence-corrected chi connectivity index (χ2v) is 7.18. The van der Waals surface area contributed by atoms with E-state index in [1.54, 1.807) is 6.07 Å². The number of nitrogens with one attached hydrogen (secondary N) is 1. The Morgan fingerprint density at radius 3 is 2.85 bits per heavy atom. The molecular formula is C19H24FN5O. The van der Waals surface area contributed by atoms with Crippen molar-refractivity contribution in [2.75, 3.05) is 19.6 Å². The molecule has 0 aliphatic carbocycles. The number of benzene rings is 1. The fourth-order valence-electron chi connectivity index (χ4n) is 3.97. The van der Waals surface area contributed by atoms with Crippen molar-refractivity contribution in [3.8, 4) is 0 Å². The molecule has 2 aliphatic heterocycles. The molecule has 0 radical (unpaired) electrons. The summed E-state index contributed by atoms with van der Waals surface area (Å²) >= 11 is 0. The van der Waals surface area contributed by atoms with Crippen molar-refractivity contribution in [1.82, 2.24) is 25.0 Å². The maximum atomic E-state index is 13.4. The maximum Gasteiger partial charge on any atom is 0.229 e. The minimum absolute atomic E-state index is 0.0709. The molecule has 3 heterocycles. The van der Waals surface area contributed by atoms with Crippen molar-refractivity contribution in [2.24, 2.45) is 0 Å². The monoisotopic (exact) mass is 357 g/mol. The molecule has 7 heteroatoms. The minimum atomic E-state index is -0.325. The fourth-order valence-corrected chi connectivity index (χ4v) is 3.97. The second-order valence-electron chi connectivity index (χ2n) is 7.18. The Hall–Kier alpha value is -2.28. The van der Waals surface area contributed by atoms with Crippen LogP contribution in [0.3, 0.4) is 0 Å². The largest absolute Gasteiger partial charge is 0.342 e. The zero-order chi connectivity index (χ0) is 18.1. The van der Waals surface area contributed by atoms with Crippen LogP contribution in [-0.2, 0) is 17.9 Å². The summed E-state index contributed by atoms with van der Waals surface area (Å²) in [6, 6.07) is 6.33. The highest BCUT2D eigenvalue weighted by Crippen LogP contribution is 2.29. The summed E-state index contributed by atoms with van der Waals surface area (Å²) in [4.78, 5) is 14.7. The summed E-state index contributed by atoms with van der Waals surface area (Å²) in [7, 11) is 0. The van der Waals surface area contributed by atoms with Crippen molar-refractivity contribution in [2.45, 2.75) is 44.7 Å². The molecule has 4 rings (SSSR count). The molecule has 2 aromatic rings. The van der Waals surface area contributed by atoms with Gasteiger partial charge in [0.2, 0.25) is 5.91 Å². The van der Waals surface area contributed by atoms with E-state index in [4.69, 9.17) is 0 Å². The number of amides is 1. The van der Waals surface area contributed by atoms with Crippen molar-refractivity contribution in [1.29, 1.82) is 0 Å². The number of fused-ring (bicyclic) bond motifs is 1. The first-order valence-corrected chi connectivity index (χ1v) is 9.30. The normalized spacial score (nSPS) is 19.2. The number of likely N-dealkylation sites (tertiary alicyclic amines) is 1. The molecule has 1 saturated heterocycles. The molecule has 0 bridgehead atoms. The average molecular weight is 357 g/mol. The zero-order valence-electron chi connectivity index (χ0n) is 15.0. The third kappa shape index (κ3) is 3.23. The minimum Gasteiger partial charge on any atom is -0.342 e. The number of piperidine rings is 1. The molecule has 1 aromatic carbocycles. The van der Waals surface area contributed by atoms with Gasteiger partial charge in [-0.2, -0.15) is 0 Å². The quantitative estimate of drug-likeness (QED) is 0.913. The van der Waals surface area contributed by atoms with E-state index in [1.807, 2.05) is 17.9 Å². The molecule has 0 spiro atoms. The first-order chi connectivity index (χ1) is 12.6. The molecule has 1 fully saturated rings. The van der Waals surface area contributed by atoms with E-state index >= 15 is 0 Å². The Kier molecular flexibility index (Phi) is 4.72. The van der Waals surface area contributed by atoms with Crippen LogP contribution in [0, 0.1) is 5.82 Å². The van der Waals surface area contributed by atoms with Gasteiger partial charge in [0.15, 0.2) is 0 Å². The number of aromatic nitrogens is 3. The van der Waals surface area contributed by atoms with Gasteiger partial charge in [0.05, 0.1) is 12.5 Å². The maximum absolute atomic E-state index is 13.4. The lowest BCUT2D eigenvalue weighted by molar-refractivity contribution is -0.133. The number of hydrogen-bond donors (Lipinski definition) is 1. The van der Waals surface area contributed by atoms with Crippen LogP contribution in [0.4, 0.5) is 4.39 Å². The Morgan fingerprint density at radius 1 is 1.27 bits per heavy atom. The van der Waals surface area contributed by atoms with E-state index in [1.165, 1.54) is 12.1 Å². The van der Waals surface area contributed by atoms with Gasteiger partial charge in [0.1, 0.15) is 17.5 Å². The number of carbonyl (C=O) groups excluding carboxylic acids is 1. The fraction of sp³-hybridized carbons (Fsp3) is 0.526. The Morgan fingerprint density at radius 2 is 2.08 bits per heavy atom. The summed E-state index contributed by atoms with van der Waals surface area (Å²) in [6.07, 6.45) is 1.79. The molecular weight excluding hydrogens is 333 g/mol. The van der Waals surface area contributed by atoms with Crippen LogP contribution >= 0.6 is 0 Å². The van der Waals surface area contributed by atoms with E-state index in [0.29, 0.717) is 19.0 Å². The van der Waals surface area contributed by atoms with E-state index in [0.717, 1.165) is 49.7 Å². The predicted octanol–water partition coefficient (Wildman–Crippen LogP) is 2.03. The summed E-state index contributed by atoms with van der Waals surface area (Å²) < 4.78 is 15.7. The number of nitrogens with zero attached hydrogens (tertiary/aromatic N) is 4. The van der Waals surface area contributed by atoms with Gasteiger partial charge >= 0.3 is 0 Å². The molecule has 26 heavy (non-hydrogen) atoms. The highest BCUT2D eigenvalue weighted by atomic mass is 19.1. The van der Waals surface area contributed by atoms with Crippen LogP contribution < -0.4 is 5.32 Å². The van der Waals surface area contributed by atoms with Crippen LogP contribution in [0.1, 0.15) is 48.8 Å². The molecule has 6 nitrogen and oxygen atoms in total. The van der Waals surface area contributed by atoms with Gasteiger partial charge in [-0.05, 0) is 37.5 Å². The van der Waals surface area contributed by atoms with Crippen LogP contribution in [0.5, 0.6) is 0 Å². The Labute approximate surface area is 152 Å². The van der Waals surface area contributed by atoms with Crippen molar-refractivity contribution >= 4 is 5.91 Å². The molecule has 1 atom stereocenters. The van der Waals surface area contributed by atoms with E-state index < -0.39 is 0 Å². The van der Waals surface area contributed by atoms with Crippen LogP contribution in [0.25, 0.3) is 0 Å². The van der Waals surface area contributed by atoms with Gasteiger partial charge in [-0.25, -0.2) is 4.39 Å². The highest BCUT2D eigenvalue weighted by molar-refractivity contribution is 5.83. The first-order valence-electron chi connectivity index (χ1n) is 9.30. The molecule has 1 unspecified atom stereocenters. The number of halogens is 1. The number of carbonyl (C=O) groups is 1. The summed E-state index contributed by atoms with van der Waals surface area (Å²) in [5.41, 5.74) is 0.733. The Balaban J connectivity index is 1.40. The molecule has 138 valence electrons.